The van der Waals surface area contributed by atoms with Crippen molar-refractivity contribution in [1.29, 1.82) is 0 Å². The SMILES string of the molecule is COCCN1C[C@H](NC(=O)Nc2cccc3c(Br)n[nH]c23)[C@@H](c2ccccc2)C1. The van der Waals surface area contributed by atoms with Gasteiger partial charge < -0.3 is 15.4 Å². The van der Waals surface area contributed by atoms with Gasteiger partial charge >= 0.3 is 6.03 Å². The van der Waals surface area contributed by atoms with Crippen LogP contribution in [0.1, 0.15) is 11.5 Å². The van der Waals surface area contributed by atoms with Crippen LogP contribution in [0.15, 0.2) is 53.1 Å². The fraction of sp³-hybridized carbons (Fsp3) is 0.333. The van der Waals surface area contributed by atoms with E-state index in [1.807, 2.05) is 36.4 Å². The minimum atomic E-state index is -0.220. The zero-order chi connectivity index (χ0) is 20.2. The Balaban J connectivity index is 1.48. The van der Waals surface area contributed by atoms with Crippen molar-refractivity contribution in [2.45, 2.75) is 12.0 Å². The third-order valence-electron chi connectivity index (χ3n) is 5.35. The summed E-state index contributed by atoms with van der Waals surface area (Å²) in [7, 11) is 1.71. The largest absolute Gasteiger partial charge is 0.383 e. The maximum atomic E-state index is 12.8. The second-order valence-corrected chi connectivity index (χ2v) is 7.97. The van der Waals surface area contributed by atoms with E-state index in [4.69, 9.17) is 4.74 Å². The average molecular weight is 458 g/mol. The summed E-state index contributed by atoms with van der Waals surface area (Å²) in [6.45, 7) is 3.20. The van der Waals surface area contributed by atoms with E-state index in [0.29, 0.717) is 12.3 Å². The number of carbonyl (C=O) groups excluding carboxylic acids is 1. The molecule has 3 N–H and O–H groups in total. The number of halogens is 1. The Morgan fingerprint density at radius 3 is 2.86 bits per heavy atom. The highest BCUT2D eigenvalue weighted by atomic mass is 79.9. The van der Waals surface area contributed by atoms with Gasteiger partial charge in [0, 0.05) is 38.0 Å². The number of amides is 2. The lowest BCUT2D eigenvalue weighted by atomic mass is 9.94. The Labute approximate surface area is 177 Å². The molecular formula is C21H24BrN5O2. The molecule has 1 fully saturated rings. The van der Waals surface area contributed by atoms with Gasteiger partial charge in [-0.1, -0.05) is 36.4 Å². The number of likely N-dealkylation sites (tertiary alicyclic amines) is 1. The Morgan fingerprint density at radius 1 is 1.24 bits per heavy atom. The molecule has 4 rings (SSSR count). The van der Waals surface area contributed by atoms with Crippen molar-refractivity contribution in [2.75, 3.05) is 38.7 Å². The third kappa shape index (κ3) is 4.44. The van der Waals surface area contributed by atoms with Gasteiger partial charge in [0.05, 0.1) is 23.9 Å². The van der Waals surface area contributed by atoms with Gasteiger partial charge in [0.25, 0.3) is 0 Å². The fourth-order valence-electron chi connectivity index (χ4n) is 3.91. The lowest BCUT2D eigenvalue weighted by Gasteiger charge is -2.20. The minimum absolute atomic E-state index is 0.0157. The van der Waals surface area contributed by atoms with Gasteiger partial charge in [0.15, 0.2) is 0 Å². The van der Waals surface area contributed by atoms with Crippen molar-refractivity contribution >= 4 is 38.6 Å². The topological polar surface area (TPSA) is 82.3 Å². The number of fused-ring (bicyclic) bond motifs is 1. The molecule has 0 spiro atoms. The Bertz CT molecular complexity index is 978. The maximum Gasteiger partial charge on any atom is 0.319 e. The molecule has 0 bridgehead atoms. The van der Waals surface area contributed by atoms with E-state index >= 15 is 0 Å². The number of urea groups is 1. The smallest absolute Gasteiger partial charge is 0.319 e. The summed E-state index contributed by atoms with van der Waals surface area (Å²) in [6.07, 6.45) is 0. The molecular weight excluding hydrogens is 434 g/mol. The molecule has 3 aromatic rings. The van der Waals surface area contributed by atoms with Gasteiger partial charge in [-0.2, -0.15) is 5.10 Å². The molecule has 1 aromatic heterocycles. The number of hydrogen-bond donors (Lipinski definition) is 3. The molecule has 2 aromatic carbocycles. The molecule has 0 radical (unpaired) electrons. The summed E-state index contributed by atoms with van der Waals surface area (Å²) < 4.78 is 5.96. The number of H-pyrrole nitrogens is 1. The van der Waals surface area contributed by atoms with E-state index in [2.05, 4.69) is 53.8 Å². The first-order chi connectivity index (χ1) is 14.2. The van der Waals surface area contributed by atoms with E-state index in [1.165, 1.54) is 5.56 Å². The zero-order valence-corrected chi connectivity index (χ0v) is 17.8. The number of nitrogens with one attached hydrogen (secondary N) is 3. The number of aromatic nitrogens is 2. The molecule has 1 aliphatic rings. The predicted molar refractivity (Wildman–Crippen MR) is 117 cm³/mol. The van der Waals surface area contributed by atoms with E-state index < -0.39 is 0 Å². The number of benzene rings is 2. The summed E-state index contributed by atoms with van der Waals surface area (Å²) in [5, 5.41) is 14.2. The molecule has 2 heterocycles. The molecule has 0 saturated carbocycles. The van der Waals surface area contributed by atoms with Gasteiger partial charge in [-0.25, -0.2) is 4.79 Å². The fourth-order valence-corrected chi connectivity index (χ4v) is 4.33. The highest BCUT2D eigenvalue weighted by molar-refractivity contribution is 9.10. The summed E-state index contributed by atoms with van der Waals surface area (Å²) in [5.41, 5.74) is 2.73. The monoisotopic (exact) mass is 457 g/mol. The van der Waals surface area contributed by atoms with Crippen molar-refractivity contribution in [3.63, 3.8) is 0 Å². The standard InChI is InChI=1S/C21H24BrN5O2/c1-29-11-10-27-12-16(14-6-3-2-4-7-14)18(13-27)24-21(28)23-17-9-5-8-15-19(17)25-26-20(15)22/h2-9,16,18H,10-13H2,1H3,(H,25,26)(H2,23,24,28)/t16-,18+/m1/s1. The number of carbonyl (C=O) groups is 1. The number of aromatic amines is 1. The summed E-state index contributed by atoms with van der Waals surface area (Å²) in [5.74, 6) is 0.232. The number of anilines is 1. The molecule has 1 aliphatic heterocycles. The minimum Gasteiger partial charge on any atom is -0.383 e. The molecule has 0 unspecified atom stereocenters. The van der Waals surface area contributed by atoms with Crippen LogP contribution in [0, 0.1) is 0 Å². The van der Waals surface area contributed by atoms with E-state index in [9.17, 15) is 4.79 Å². The molecule has 7 nitrogen and oxygen atoms in total. The number of ether oxygens (including phenoxy) is 1. The highest BCUT2D eigenvalue weighted by Gasteiger charge is 2.34. The second-order valence-electron chi connectivity index (χ2n) is 7.22. The van der Waals surface area contributed by atoms with Crippen LogP contribution >= 0.6 is 15.9 Å². The molecule has 8 heteroatoms. The van der Waals surface area contributed by atoms with Gasteiger partial charge in [-0.15, -0.1) is 0 Å². The van der Waals surface area contributed by atoms with Crippen LogP contribution in [-0.4, -0.2) is 60.5 Å². The third-order valence-corrected chi connectivity index (χ3v) is 5.96. The van der Waals surface area contributed by atoms with Crippen LogP contribution in [0.4, 0.5) is 10.5 Å². The average Bonchev–Trinajstić information content (AvgIpc) is 3.31. The summed E-state index contributed by atoms with van der Waals surface area (Å²) in [4.78, 5) is 15.1. The van der Waals surface area contributed by atoms with Crippen molar-refractivity contribution in [1.82, 2.24) is 20.4 Å². The van der Waals surface area contributed by atoms with Crippen molar-refractivity contribution in [3.05, 3.63) is 58.7 Å². The van der Waals surface area contributed by atoms with E-state index in [1.54, 1.807) is 7.11 Å². The molecule has 152 valence electrons. The molecule has 0 aliphatic carbocycles. The number of methoxy groups -OCH3 is 1. The van der Waals surface area contributed by atoms with Crippen LogP contribution < -0.4 is 10.6 Å². The number of nitrogens with zero attached hydrogens (tertiary/aromatic N) is 2. The van der Waals surface area contributed by atoms with Crippen LogP contribution in [0.2, 0.25) is 0 Å². The van der Waals surface area contributed by atoms with Crippen molar-refractivity contribution in [3.8, 4) is 0 Å². The van der Waals surface area contributed by atoms with Gasteiger partial charge in [0.1, 0.15) is 4.60 Å². The van der Waals surface area contributed by atoms with Crippen LogP contribution in [-0.2, 0) is 4.74 Å². The number of rotatable bonds is 6. The van der Waals surface area contributed by atoms with Crippen LogP contribution in [0.5, 0.6) is 0 Å². The van der Waals surface area contributed by atoms with Gasteiger partial charge in [-0.05, 0) is 33.6 Å². The number of hydrogen-bond acceptors (Lipinski definition) is 4. The maximum absolute atomic E-state index is 12.8. The van der Waals surface area contributed by atoms with E-state index in [-0.39, 0.29) is 18.0 Å². The molecule has 2 amide bonds. The Morgan fingerprint density at radius 2 is 2.07 bits per heavy atom. The first-order valence-corrected chi connectivity index (χ1v) is 10.4. The van der Waals surface area contributed by atoms with Crippen molar-refractivity contribution in [2.24, 2.45) is 0 Å². The predicted octanol–water partition coefficient (Wildman–Crippen LogP) is 3.56. The summed E-state index contributed by atoms with van der Waals surface area (Å²) >= 11 is 3.41. The van der Waals surface area contributed by atoms with Gasteiger partial charge in [0.2, 0.25) is 0 Å². The Hall–Kier alpha value is -2.42. The van der Waals surface area contributed by atoms with E-state index in [0.717, 1.165) is 35.1 Å². The zero-order valence-electron chi connectivity index (χ0n) is 16.2. The first kappa shape index (κ1) is 19.9. The molecule has 2 atom stereocenters. The lowest BCUT2D eigenvalue weighted by molar-refractivity contribution is 0.159. The second kappa shape index (κ2) is 8.94. The lowest BCUT2D eigenvalue weighted by Crippen LogP contribution is -2.42. The van der Waals surface area contributed by atoms with Crippen LogP contribution in [0.25, 0.3) is 10.9 Å². The normalized spacial score (nSPS) is 19.5. The van der Waals surface area contributed by atoms with Crippen molar-refractivity contribution < 1.29 is 9.53 Å². The van der Waals surface area contributed by atoms with Crippen LogP contribution in [0.3, 0.4) is 0 Å². The Kier molecular flexibility index (Phi) is 6.13. The molecule has 29 heavy (non-hydrogen) atoms. The molecule has 1 saturated heterocycles. The van der Waals surface area contributed by atoms with Gasteiger partial charge in [-0.3, -0.25) is 10.00 Å². The quantitative estimate of drug-likeness (QED) is 0.528. The number of para-hydroxylation sites is 1. The highest BCUT2D eigenvalue weighted by Crippen LogP contribution is 2.29. The first-order valence-electron chi connectivity index (χ1n) is 9.62. The summed E-state index contributed by atoms with van der Waals surface area (Å²) in [6, 6.07) is 15.8.